The molecular weight excluding hydrogens is 310 g/mol. The van der Waals surface area contributed by atoms with Gasteiger partial charge in [-0.05, 0) is 56.9 Å². The normalized spacial score (nSPS) is 22.4. The number of rotatable bonds is 5. The summed E-state index contributed by atoms with van der Waals surface area (Å²) in [4.78, 5) is 17.2. The van der Waals surface area contributed by atoms with Gasteiger partial charge in [0.1, 0.15) is 0 Å². The fourth-order valence-electron chi connectivity index (χ4n) is 3.74. The van der Waals surface area contributed by atoms with E-state index in [4.69, 9.17) is 0 Å². The molecule has 3 rings (SSSR count). The van der Waals surface area contributed by atoms with Gasteiger partial charge in [0.05, 0.1) is 6.04 Å². The first kappa shape index (κ1) is 18.2. The number of hydrogen-bond donors (Lipinski definition) is 1. The minimum atomic E-state index is 0. The Hall–Kier alpha value is -1.10. The van der Waals surface area contributed by atoms with E-state index < -0.39 is 0 Å². The third kappa shape index (κ3) is 4.25. The van der Waals surface area contributed by atoms with Gasteiger partial charge in [-0.15, -0.1) is 12.4 Å². The van der Waals surface area contributed by atoms with Crippen molar-refractivity contribution in [2.45, 2.75) is 32.2 Å². The smallest absolute Gasteiger partial charge is 0.244 e. The van der Waals surface area contributed by atoms with Crippen LogP contribution in [0.2, 0.25) is 0 Å². The molecule has 2 aliphatic heterocycles. The molecule has 2 saturated heterocycles. The van der Waals surface area contributed by atoms with Gasteiger partial charge in [-0.2, -0.15) is 0 Å². The van der Waals surface area contributed by atoms with Crippen molar-refractivity contribution in [1.82, 2.24) is 10.2 Å². The molecule has 1 aromatic rings. The lowest BCUT2D eigenvalue weighted by atomic mass is 9.96. The van der Waals surface area contributed by atoms with Crippen molar-refractivity contribution in [3.05, 3.63) is 30.3 Å². The van der Waals surface area contributed by atoms with Crippen molar-refractivity contribution in [1.29, 1.82) is 0 Å². The summed E-state index contributed by atoms with van der Waals surface area (Å²) in [6.45, 7) is 7.30. The summed E-state index contributed by atoms with van der Waals surface area (Å²) < 4.78 is 0. The zero-order valence-electron chi connectivity index (χ0n) is 13.9. The topological polar surface area (TPSA) is 35.6 Å². The number of hydrogen-bond acceptors (Lipinski definition) is 3. The highest BCUT2D eigenvalue weighted by Gasteiger charge is 2.36. The third-order valence-electron chi connectivity index (χ3n) is 5.04. The maximum absolute atomic E-state index is 12.8. The summed E-state index contributed by atoms with van der Waals surface area (Å²) in [5.41, 5.74) is 1.04. The lowest BCUT2D eigenvalue weighted by Gasteiger charge is -2.32. The Labute approximate surface area is 145 Å². The van der Waals surface area contributed by atoms with Crippen LogP contribution in [0, 0.1) is 5.92 Å². The van der Waals surface area contributed by atoms with Gasteiger partial charge >= 0.3 is 0 Å². The van der Waals surface area contributed by atoms with Crippen molar-refractivity contribution in [2.75, 3.05) is 37.6 Å². The Bertz CT molecular complexity index is 490. The van der Waals surface area contributed by atoms with E-state index in [2.05, 4.69) is 17.1 Å². The number of nitrogens with one attached hydrogen (secondary N) is 1. The summed E-state index contributed by atoms with van der Waals surface area (Å²) in [5.74, 6) is 1.02. The molecule has 1 atom stereocenters. The zero-order chi connectivity index (χ0) is 15.4. The molecule has 4 nitrogen and oxygen atoms in total. The number of amides is 1. The van der Waals surface area contributed by atoms with E-state index in [9.17, 15) is 4.79 Å². The molecule has 23 heavy (non-hydrogen) atoms. The number of anilines is 1. The largest absolute Gasteiger partial charge is 0.317 e. The van der Waals surface area contributed by atoms with E-state index in [0.717, 1.165) is 50.7 Å². The van der Waals surface area contributed by atoms with E-state index in [1.54, 1.807) is 0 Å². The number of para-hydroxylation sites is 1. The maximum Gasteiger partial charge on any atom is 0.244 e. The molecule has 1 unspecified atom stereocenters. The average Bonchev–Trinajstić information content (AvgIpc) is 2.96. The highest BCUT2D eigenvalue weighted by atomic mass is 35.5. The van der Waals surface area contributed by atoms with Gasteiger partial charge in [0.2, 0.25) is 5.91 Å². The quantitative estimate of drug-likeness (QED) is 0.897. The van der Waals surface area contributed by atoms with E-state index in [0.29, 0.717) is 0 Å². The van der Waals surface area contributed by atoms with Gasteiger partial charge in [0.15, 0.2) is 0 Å². The van der Waals surface area contributed by atoms with Crippen LogP contribution in [0.3, 0.4) is 0 Å². The standard InChI is InChI=1S/C18H27N3O.ClH/c1-2-20(14-15-8-11-19-12-9-15)17-10-13-21(18(17)22)16-6-4-3-5-7-16;/h3-7,15,17,19H,2,8-14H2,1H3;1H. The first-order valence-electron chi connectivity index (χ1n) is 8.60. The van der Waals surface area contributed by atoms with E-state index >= 15 is 0 Å². The second kappa shape index (κ2) is 8.67. The van der Waals surface area contributed by atoms with Gasteiger partial charge in [0, 0.05) is 18.8 Å². The van der Waals surface area contributed by atoms with Crippen molar-refractivity contribution in [3.8, 4) is 0 Å². The van der Waals surface area contributed by atoms with Gasteiger partial charge in [-0.3, -0.25) is 9.69 Å². The summed E-state index contributed by atoms with van der Waals surface area (Å²) in [6.07, 6.45) is 3.42. The van der Waals surface area contributed by atoms with Crippen molar-refractivity contribution >= 4 is 24.0 Å². The van der Waals surface area contributed by atoms with E-state index in [1.807, 2.05) is 35.2 Å². The molecule has 0 aliphatic carbocycles. The molecule has 2 aliphatic rings. The van der Waals surface area contributed by atoms with Crippen LogP contribution in [0.25, 0.3) is 0 Å². The molecule has 0 bridgehead atoms. The van der Waals surface area contributed by atoms with Crippen LogP contribution in [0.1, 0.15) is 26.2 Å². The minimum Gasteiger partial charge on any atom is -0.317 e. The SMILES string of the molecule is CCN(CC1CCNCC1)C1CCN(c2ccccc2)C1=O.Cl. The maximum atomic E-state index is 12.8. The molecule has 0 aromatic heterocycles. The van der Waals surface area contributed by atoms with Gasteiger partial charge in [0.25, 0.3) is 0 Å². The highest BCUT2D eigenvalue weighted by Crippen LogP contribution is 2.25. The average molecular weight is 338 g/mol. The number of carbonyl (C=O) groups is 1. The summed E-state index contributed by atoms with van der Waals surface area (Å²) >= 11 is 0. The minimum absolute atomic E-state index is 0. The molecule has 0 saturated carbocycles. The fraction of sp³-hybridized carbons (Fsp3) is 0.611. The van der Waals surface area contributed by atoms with Gasteiger partial charge in [-0.25, -0.2) is 0 Å². The molecule has 1 N–H and O–H groups in total. The first-order chi connectivity index (χ1) is 10.8. The predicted molar refractivity (Wildman–Crippen MR) is 97.3 cm³/mol. The highest BCUT2D eigenvalue weighted by molar-refractivity contribution is 5.99. The number of likely N-dealkylation sites (N-methyl/N-ethyl adjacent to an activating group) is 1. The van der Waals surface area contributed by atoms with E-state index in [1.165, 1.54) is 12.8 Å². The first-order valence-corrected chi connectivity index (χ1v) is 8.60. The predicted octanol–water partition coefficient (Wildman–Crippen LogP) is 2.54. The summed E-state index contributed by atoms with van der Waals surface area (Å²) in [7, 11) is 0. The molecule has 5 heteroatoms. The van der Waals surface area contributed by atoms with Gasteiger partial charge in [-0.1, -0.05) is 25.1 Å². The van der Waals surface area contributed by atoms with Crippen LogP contribution in [0.5, 0.6) is 0 Å². The third-order valence-corrected chi connectivity index (χ3v) is 5.04. The number of benzene rings is 1. The molecule has 2 heterocycles. The van der Waals surface area contributed by atoms with Crippen LogP contribution in [-0.4, -0.2) is 49.6 Å². The number of nitrogens with zero attached hydrogens (tertiary/aromatic N) is 2. The second-order valence-corrected chi connectivity index (χ2v) is 6.41. The molecule has 1 aromatic carbocycles. The molecular formula is C18H28ClN3O. The lowest BCUT2D eigenvalue weighted by molar-refractivity contribution is -0.121. The monoisotopic (exact) mass is 337 g/mol. The second-order valence-electron chi connectivity index (χ2n) is 6.41. The van der Waals surface area contributed by atoms with Crippen LogP contribution in [0.15, 0.2) is 30.3 Å². The summed E-state index contributed by atoms with van der Waals surface area (Å²) in [6, 6.07) is 10.1. The molecule has 2 fully saturated rings. The zero-order valence-corrected chi connectivity index (χ0v) is 14.7. The van der Waals surface area contributed by atoms with Crippen LogP contribution < -0.4 is 10.2 Å². The lowest BCUT2D eigenvalue weighted by Crippen LogP contribution is -2.45. The number of piperidine rings is 1. The fourth-order valence-corrected chi connectivity index (χ4v) is 3.74. The molecule has 128 valence electrons. The Morgan fingerprint density at radius 1 is 1.17 bits per heavy atom. The number of halogens is 1. The van der Waals surface area contributed by atoms with Crippen molar-refractivity contribution in [2.24, 2.45) is 5.92 Å². The molecule has 1 amide bonds. The van der Waals surface area contributed by atoms with Crippen molar-refractivity contribution in [3.63, 3.8) is 0 Å². The number of carbonyl (C=O) groups excluding carboxylic acids is 1. The Balaban J connectivity index is 0.00000192. The van der Waals surface area contributed by atoms with E-state index in [-0.39, 0.29) is 24.4 Å². The molecule has 0 spiro atoms. The van der Waals surface area contributed by atoms with Crippen LogP contribution in [0.4, 0.5) is 5.69 Å². The van der Waals surface area contributed by atoms with Crippen LogP contribution >= 0.6 is 12.4 Å². The Kier molecular flexibility index (Phi) is 6.88. The van der Waals surface area contributed by atoms with Crippen LogP contribution in [-0.2, 0) is 4.79 Å². The Morgan fingerprint density at radius 3 is 2.52 bits per heavy atom. The summed E-state index contributed by atoms with van der Waals surface area (Å²) in [5, 5.41) is 3.42. The van der Waals surface area contributed by atoms with Crippen molar-refractivity contribution < 1.29 is 4.79 Å². The Morgan fingerprint density at radius 2 is 1.87 bits per heavy atom. The van der Waals surface area contributed by atoms with Gasteiger partial charge < -0.3 is 10.2 Å². The molecule has 0 radical (unpaired) electrons.